The highest BCUT2D eigenvalue weighted by molar-refractivity contribution is 5.82. The summed E-state index contributed by atoms with van der Waals surface area (Å²) in [4.78, 5) is 0. The fourth-order valence-corrected chi connectivity index (χ4v) is 1.52. The molecule has 0 radical (unpaired) electrons. The molecule has 0 atom stereocenters. The van der Waals surface area contributed by atoms with Gasteiger partial charge in [0, 0.05) is 5.39 Å². The minimum absolute atomic E-state index is 0.895. The van der Waals surface area contributed by atoms with Gasteiger partial charge in [-0.1, -0.05) is 24.2 Å². The summed E-state index contributed by atoms with van der Waals surface area (Å²) in [6.07, 6.45) is 1.03. The summed E-state index contributed by atoms with van der Waals surface area (Å²) in [5, 5.41) is 5.11. The van der Waals surface area contributed by atoms with Gasteiger partial charge in [0.05, 0.1) is 5.69 Å². The lowest BCUT2D eigenvalue weighted by molar-refractivity contribution is 0.450. The van der Waals surface area contributed by atoms with E-state index in [4.69, 9.17) is 4.52 Å². The van der Waals surface area contributed by atoms with Gasteiger partial charge in [-0.2, -0.15) is 0 Å². The molecule has 2 rings (SSSR count). The number of rotatable bonds is 1. The molecule has 0 N–H and O–H groups in total. The third kappa shape index (κ3) is 0.916. The van der Waals surface area contributed by atoms with Crippen molar-refractivity contribution in [2.75, 3.05) is 0 Å². The smallest absolute Gasteiger partial charge is 0.167 e. The predicted octanol–water partition coefficient (Wildman–Crippen LogP) is 2.70. The fourth-order valence-electron chi connectivity index (χ4n) is 1.52. The number of fused-ring (bicyclic) bond motifs is 1. The Kier molecular flexibility index (Phi) is 1.61. The second-order valence-corrected chi connectivity index (χ2v) is 2.91. The van der Waals surface area contributed by atoms with Gasteiger partial charge in [-0.05, 0) is 25.0 Å². The van der Waals surface area contributed by atoms with Crippen LogP contribution in [-0.4, -0.2) is 5.16 Å². The van der Waals surface area contributed by atoms with Crippen LogP contribution in [0.1, 0.15) is 18.2 Å². The van der Waals surface area contributed by atoms with Crippen molar-refractivity contribution in [1.29, 1.82) is 0 Å². The molecule has 1 heterocycles. The van der Waals surface area contributed by atoms with Crippen LogP contribution < -0.4 is 0 Å². The molecule has 0 aliphatic carbocycles. The summed E-state index contributed by atoms with van der Waals surface area (Å²) < 4.78 is 5.14. The molecule has 0 unspecified atom stereocenters. The first-order valence-corrected chi connectivity index (χ1v) is 4.16. The molecule has 2 heteroatoms. The SMILES string of the molecule is CCc1cccc2onc(C)c12. The molecule has 0 amide bonds. The highest BCUT2D eigenvalue weighted by Crippen LogP contribution is 2.22. The quantitative estimate of drug-likeness (QED) is 0.642. The van der Waals surface area contributed by atoms with Gasteiger partial charge in [-0.25, -0.2) is 0 Å². The van der Waals surface area contributed by atoms with Crippen LogP contribution in [-0.2, 0) is 6.42 Å². The number of hydrogen-bond donors (Lipinski definition) is 0. The van der Waals surface area contributed by atoms with Crippen molar-refractivity contribution in [1.82, 2.24) is 5.16 Å². The third-order valence-corrected chi connectivity index (χ3v) is 2.14. The second-order valence-electron chi connectivity index (χ2n) is 2.91. The van der Waals surface area contributed by atoms with E-state index >= 15 is 0 Å². The van der Waals surface area contributed by atoms with Crippen molar-refractivity contribution in [3.8, 4) is 0 Å². The first-order chi connectivity index (χ1) is 5.83. The first kappa shape index (κ1) is 7.35. The molecular formula is C10H11NO. The third-order valence-electron chi connectivity index (χ3n) is 2.14. The Hall–Kier alpha value is -1.31. The minimum Gasteiger partial charge on any atom is -0.356 e. The van der Waals surface area contributed by atoms with E-state index in [9.17, 15) is 0 Å². The van der Waals surface area contributed by atoms with E-state index in [1.54, 1.807) is 0 Å². The van der Waals surface area contributed by atoms with Crippen LogP contribution >= 0.6 is 0 Å². The van der Waals surface area contributed by atoms with Crippen molar-refractivity contribution < 1.29 is 4.52 Å². The second kappa shape index (κ2) is 2.63. The molecule has 1 aromatic carbocycles. The Morgan fingerprint density at radius 2 is 2.25 bits per heavy atom. The average Bonchev–Trinajstić information content (AvgIpc) is 2.48. The van der Waals surface area contributed by atoms with Crippen molar-refractivity contribution in [3.63, 3.8) is 0 Å². The summed E-state index contributed by atoms with van der Waals surface area (Å²) in [6.45, 7) is 4.12. The molecule has 0 aliphatic rings. The van der Waals surface area contributed by atoms with Crippen LogP contribution in [0.2, 0.25) is 0 Å². The molecular weight excluding hydrogens is 150 g/mol. The topological polar surface area (TPSA) is 26.0 Å². The average molecular weight is 161 g/mol. The summed E-state index contributed by atoms with van der Waals surface area (Å²) in [7, 11) is 0. The van der Waals surface area contributed by atoms with E-state index in [2.05, 4.69) is 18.1 Å². The van der Waals surface area contributed by atoms with E-state index in [0.29, 0.717) is 0 Å². The molecule has 12 heavy (non-hydrogen) atoms. The van der Waals surface area contributed by atoms with Gasteiger partial charge < -0.3 is 4.52 Å². The van der Waals surface area contributed by atoms with Gasteiger partial charge in [-0.3, -0.25) is 0 Å². The minimum atomic E-state index is 0.895. The lowest BCUT2D eigenvalue weighted by atomic mass is 10.1. The molecule has 62 valence electrons. The van der Waals surface area contributed by atoms with E-state index in [0.717, 1.165) is 17.7 Å². The van der Waals surface area contributed by atoms with Gasteiger partial charge in [0.15, 0.2) is 5.58 Å². The number of aromatic nitrogens is 1. The van der Waals surface area contributed by atoms with Crippen LogP contribution in [0, 0.1) is 6.92 Å². The number of aryl methyl sites for hydroxylation is 2. The molecule has 1 aromatic heterocycles. The highest BCUT2D eigenvalue weighted by atomic mass is 16.5. The molecule has 2 aromatic rings. The summed E-state index contributed by atoms with van der Waals surface area (Å²) in [5.41, 5.74) is 3.19. The highest BCUT2D eigenvalue weighted by Gasteiger charge is 2.06. The van der Waals surface area contributed by atoms with E-state index in [-0.39, 0.29) is 0 Å². The van der Waals surface area contributed by atoms with Gasteiger partial charge in [0.1, 0.15) is 0 Å². The van der Waals surface area contributed by atoms with Gasteiger partial charge in [-0.15, -0.1) is 0 Å². The zero-order valence-corrected chi connectivity index (χ0v) is 7.29. The molecule has 0 saturated heterocycles. The maximum atomic E-state index is 5.14. The van der Waals surface area contributed by atoms with Crippen LogP contribution in [0.4, 0.5) is 0 Å². The number of hydrogen-bond acceptors (Lipinski definition) is 2. The van der Waals surface area contributed by atoms with E-state index in [1.165, 1.54) is 10.9 Å². The number of nitrogens with zero attached hydrogens (tertiary/aromatic N) is 1. The van der Waals surface area contributed by atoms with Crippen LogP contribution in [0.25, 0.3) is 11.0 Å². The summed E-state index contributed by atoms with van der Waals surface area (Å²) in [6, 6.07) is 6.08. The molecule has 0 spiro atoms. The lowest BCUT2D eigenvalue weighted by Crippen LogP contribution is -1.81. The Labute approximate surface area is 71.2 Å². The van der Waals surface area contributed by atoms with Crippen LogP contribution in [0.3, 0.4) is 0 Å². The maximum Gasteiger partial charge on any atom is 0.167 e. The Bertz CT molecular complexity index is 403. The lowest BCUT2D eigenvalue weighted by Gasteiger charge is -1.96. The van der Waals surface area contributed by atoms with E-state index < -0.39 is 0 Å². The first-order valence-electron chi connectivity index (χ1n) is 4.16. The van der Waals surface area contributed by atoms with Gasteiger partial charge in [0.2, 0.25) is 0 Å². The molecule has 2 nitrogen and oxygen atoms in total. The van der Waals surface area contributed by atoms with Crippen LogP contribution in [0.15, 0.2) is 22.7 Å². The molecule has 0 bridgehead atoms. The molecule has 0 saturated carbocycles. The number of benzene rings is 1. The van der Waals surface area contributed by atoms with Crippen molar-refractivity contribution in [3.05, 3.63) is 29.5 Å². The zero-order chi connectivity index (χ0) is 8.55. The van der Waals surface area contributed by atoms with Gasteiger partial charge >= 0.3 is 0 Å². The Balaban J connectivity index is 2.84. The van der Waals surface area contributed by atoms with Gasteiger partial charge in [0.25, 0.3) is 0 Å². The Morgan fingerprint density at radius 3 is 3.00 bits per heavy atom. The monoisotopic (exact) mass is 161 g/mol. The standard InChI is InChI=1S/C10H11NO/c1-3-8-5-4-6-9-10(8)7(2)11-12-9/h4-6H,3H2,1-2H3. The van der Waals surface area contributed by atoms with Crippen molar-refractivity contribution in [2.24, 2.45) is 0 Å². The van der Waals surface area contributed by atoms with Crippen molar-refractivity contribution >= 4 is 11.0 Å². The predicted molar refractivity (Wildman–Crippen MR) is 48.1 cm³/mol. The van der Waals surface area contributed by atoms with Crippen molar-refractivity contribution in [2.45, 2.75) is 20.3 Å². The largest absolute Gasteiger partial charge is 0.356 e. The fraction of sp³-hybridized carbons (Fsp3) is 0.300. The molecule has 0 aliphatic heterocycles. The van der Waals surface area contributed by atoms with Crippen LogP contribution in [0.5, 0.6) is 0 Å². The summed E-state index contributed by atoms with van der Waals surface area (Å²) >= 11 is 0. The maximum absolute atomic E-state index is 5.14. The zero-order valence-electron chi connectivity index (χ0n) is 7.29. The summed E-state index contributed by atoms with van der Waals surface area (Å²) in [5.74, 6) is 0. The Morgan fingerprint density at radius 1 is 1.42 bits per heavy atom. The van der Waals surface area contributed by atoms with E-state index in [1.807, 2.05) is 19.1 Å². The molecule has 0 fully saturated rings. The normalized spacial score (nSPS) is 10.8.